The number of rotatable bonds is 9. The molecule has 0 aliphatic carbocycles. The standard InChI is InChI=1S/C28H25NO7/c1-18-21-13-12-20(33-2)16-25(21)36-28(32)22(18)14-15-27(31)34-17-26(30)29-23-10-6-7-11-24(23)35-19-8-4-3-5-9-19/h3-13,16H,14-15,17H2,1-2H3,(H,29,30). The Morgan fingerprint density at radius 1 is 0.944 bits per heavy atom. The van der Waals surface area contributed by atoms with Crippen molar-refractivity contribution < 1.29 is 28.2 Å². The third-order valence-corrected chi connectivity index (χ3v) is 5.57. The summed E-state index contributed by atoms with van der Waals surface area (Å²) in [5.41, 5.74) is 1.46. The average Bonchev–Trinajstić information content (AvgIpc) is 2.88. The van der Waals surface area contributed by atoms with Gasteiger partial charge in [-0.05, 0) is 55.3 Å². The van der Waals surface area contributed by atoms with Gasteiger partial charge in [-0.3, -0.25) is 9.59 Å². The monoisotopic (exact) mass is 487 g/mol. The number of aryl methyl sites for hydroxylation is 1. The minimum atomic E-state index is -0.604. The fourth-order valence-corrected chi connectivity index (χ4v) is 3.70. The van der Waals surface area contributed by atoms with E-state index in [1.807, 2.05) is 18.2 Å². The zero-order valence-corrected chi connectivity index (χ0v) is 19.9. The molecule has 184 valence electrons. The minimum absolute atomic E-state index is 0.0752. The highest BCUT2D eigenvalue weighted by Gasteiger charge is 2.16. The number of hydrogen-bond donors (Lipinski definition) is 1. The number of benzene rings is 3. The number of nitrogens with one attached hydrogen (secondary N) is 1. The molecule has 36 heavy (non-hydrogen) atoms. The molecule has 0 unspecified atom stereocenters. The number of fused-ring (bicyclic) bond motifs is 1. The van der Waals surface area contributed by atoms with E-state index in [4.69, 9.17) is 18.6 Å². The highest BCUT2D eigenvalue weighted by molar-refractivity contribution is 5.94. The normalized spacial score (nSPS) is 10.6. The van der Waals surface area contributed by atoms with Gasteiger partial charge in [-0.25, -0.2) is 4.79 Å². The van der Waals surface area contributed by atoms with Crippen LogP contribution in [0, 0.1) is 6.92 Å². The molecule has 0 atom stereocenters. The van der Waals surface area contributed by atoms with Crippen molar-refractivity contribution in [3.63, 3.8) is 0 Å². The van der Waals surface area contributed by atoms with E-state index in [0.29, 0.717) is 34.1 Å². The van der Waals surface area contributed by atoms with Gasteiger partial charge in [-0.15, -0.1) is 0 Å². The summed E-state index contributed by atoms with van der Waals surface area (Å²) in [5.74, 6) is 0.544. The first-order valence-corrected chi connectivity index (χ1v) is 11.3. The highest BCUT2D eigenvalue weighted by atomic mass is 16.5. The third-order valence-electron chi connectivity index (χ3n) is 5.57. The van der Waals surface area contributed by atoms with Gasteiger partial charge >= 0.3 is 11.6 Å². The fraction of sp³-hybridized carbons (Fsp3) is 0.179. The number of ether oxygens (including phenoxy) is 3. The number of anilines is 1. The number of methoxy groups -OCH3 is 1. The number of para-hydroxylation sites is 3. The summed E-state index contributed by atoms with van der Waals surface area (Å²) >= 11 is 0. The van der Waals surface area contributed by atoms with E-state index in [1.54, 1.807) is 61.5 Å². The van der Waals surface area contributed by atoms with Gasteiger partial charge in [-0.1, -0.05) is 30.3 Å². The summed E-state index contributed by atoms with van der Waals surface area (Å²) in [6.45, 7) is 1.33. The largest absolute Gasteiger partial charge is 0.497 e. The number of carbonyl (C=O) groups excluding carboxylic acids is 2. The SMILES string of the molecule is COc1ccc2c(C)c(CCC(=O)OCC(=O)Nc3ccccc3Oc3ccccc3)c(=O)oc2c1. The van der Waals surface area contributed by atoms with Gasteiger partial charge < -0.3 is 23.9 Å². The Balaban J connectivity index is 1.33. The molecule has 1 N–H and O–H groups in total. The lowest BCUT2D eigenvalue weighted by molar-refractivity contribution is -0.147. The number of amides is 1. The molecule has 1 amide bonds. The lowest BCUT2D eigenvalue weighted by atomic mass is 10.0. The summed E-state index contributed by atoms with van der Waals surface area (Å²) < 4.78 is 21.5. The van der Waals surface area contributed by atoms with Gasteiger partial charge in [0.25, 0.3) is 5.91 Å². The van der Waals surface area contributed by atoms with Crippen LogP contribution in [0.15, 0.2) is 82.0 Å². The van der Waals surface area contributed by atoms with Crippen molar-refractivity contribution in [2.24, 2.45) is 0 Å². The van der Waals surface area contributed by atoms with Crippen LogP contribution in [0.2, 0.25) is 0 Å². The van der Waals surface area contributed by atoms with E-state index in [0.717, 1.165) is 10.9 Å². The third kappa shape index (κ3) is 5.90. The first-order valence-electron chi connectivity index (χ1n) is 11.3. The smallest absolute Gasteiger partial charge is 0.339 e. The first-order chi connectivity index (χ1) is 17.4. The molecule has 0 saturated heterocycles. The van der Waals surface area contributed by atoms with Gasteiger partial charge in [0.1, 0.15) is 17.1 Å². The molecule has 0 aliphatic heterocycles. The maximum Gasteiger partial charge on any atom is 0.339 e. The van der Waals surface area contributed by atoms with Gasteiger partial charge in [0.2, 0.25) is 0 Å². The van der Waals surface area contributed by atoms with Crippen LogP contribution in [-0.2, 0) is 20.7 Å². The molecule has 0 saturated carbocycles. The lowest BCUT2D eigenvalue weighted by Crippen LogP contribution is -2.21. The summed E-state index contributed by atoms with van der Waals surface area (Å²) in [7, 11) is 1.53. The second kappa shape index (κ2) is 11.2. The Hall–Kier alpha value is -4.59. The van der Waals surface area contributed by atoms with E-state index in [1.165, 1.54) is 7.11 Å². The zero-order chi connectivity index (χ0) is 25.5. The topological polar surface area (TPSA) is 104 Å². The molecule has 0 fully saturated rings. The van der Waals surface area contributed by atoms with Crippen molar-refractivity contribution in [1.29, 1.82) is 0 Å². The van der Waals surface area contributed by atoms with Crippen LogP contribution in [0.3, 0.4) is 0 Å². The van der Waals surface area contributed by atoms with E-state index in [9.17, 15) is 14.4 Å². The molecule has 1 heterocycles. The highest BCUT2D eigenvalue weighted by Crippen LogP contribution is 2.29. The summed E-state index contributed by atoms with van der Waals surface area (Å²) in [6, 6.07) is 21.3. The van der Waals surface area contributed by atoms with Crippen LogP contribution in [0.25, 0.3) is 11.0 Å². The van der Waals surface area contributed by atoms with Gasteiger partial charge in [0, 0.05) is 23.4 Å². The van der Waals surface area contributed by atoms with Crippen molar-refractivity contribution in [2.45, 2.75) is 19.8 Å². The molecule has 8 nitrogen and oxygen atoms in total. The van der Waals surface area contributed by atoms with Gasteiger partial charge in [0.15, 0.2) is 12.4 Å². The molecule has 0 bridgehead atoms. The minimum Gasteiger partial charge on any atom is -0.497 e. The predicted molar refractivity (Wildman–Crippen MR) is 135 cm³/mol. The van der Waals surface area contributed by atoms with Crippen LogP contribution < -0.4 is 20.4 Å². The Morgan fingerprint density at radius 3 is 2.47 bits per heavy atom. The molecule has 1 aromatic heterocycles. The summed E-state index contributed by atoms with van der Waals surface area (Å²) in [5, 5.41) is 3.45. The van der Waals surface area contributed by atoms with Crippen LogP contribution in [0.1, 0.15) is 17.5 Å². The van der Waals surface area contributed by atoms with E-state index >= 15 is 0 Å². The van der Waals surface area contributed by atoms with Crippen molar-refractivity contribution in [3.05, 3.63) is 94.3 Å². The molecular formula is C28H25NO7. The van der Waals surface area contributed by atoms with Crippen molar-refractivity contribution in [1.82, 2.24) is 0 Å². The second-order valence-corrected chi connectivity index (χ2v) is 7.98. The Morgan fingerprint density at radius 2 is 1.69 bits per heavy atom. The van der Waals surface area contributed by atoms with E-state index in [2.05, 4.69) is 5.32 Å². The van der Waals surface area contributed by atoms with Crippen molar-refractivity contribution >= 4 is 28.5 Å². The van der Waals surface area contributed by atoms with E-state index in [-0.39, 0.29) is 12.8 Å². The summed E-state index contributed by atoms with van der Waals surface area (Å²) in [4.78, 5) is 37.1. The quantitative estimate of drug-likeness (QED) is 0.261. The molecule has 0 spiro atoms. The van der Waals surface area contributed by atoms with Crippen LogP contribution in [0.5, 0.6) is 17.2 Å². The van der Waals surface area contributed by atoms with E-state index < -0.39 is 24.1 Å². The van der Waals surface area contributed by atoms with Crippen LogP contribution in [0.4, 0.5) is 5.69 Å². The van der Waals surface area contributed by atoms with Crippen LogP contribution >= 0.6 is 0 Å². The predicted octanol–water partition coefficient (Wildman–Crippen LogP) is 5.02. The molecule has 3 aromatic carbocycles. The molecule has 4 rings (SSSR count). The second-order valence-electron chi connectivity index (χ2n) is 7.98. The molecular weight excluding hydrogens is 462 g/mol. The molecule has 0 radical (unpaired) electrons. The number of esters is 1. The molecule has 4 aromatic rings. The maximum absolute atomic E-state index is 12.5. The number of hydrogen-bond acceptors (Lipinski definition) is 7. The number of carbonyl (C=O) groups is 2. The average molecular weight is 488 g/mol. The van der Waals surface area contributed by atoms with Crippen molar-refractivity contribution in [3.8, 4) is 17.2 Å². The Labute approximate surface area is 207 Å². The Bertz CT molecular complexity index is 1440. The molecule has 8 heteroatoms. The van der Waals surface area contributed by atoms with Crippen LogP contribution in [-0.4, -0.2) is 25.6 Å². The lowest BCUT2D eigenvalue weighted by Gasteiger charge is -2.12. The maximum atomic E-state index is 12.5. The van der Waals surface area contributed by atoms with Gasteiger partial charge in [-0.2, -0.15) is 0 Å². The molecule has 0 aliphatic rings. The van der Waals surface area contributed by atoms with Gasteiger partial charge in [0.05, 0.1) is 12.8 Å². The fourth-order valence-electron chi connectivity index (χ4n) is 3.70. The zero-order valence-electron chi connectivity index (χ0n) is 19.9. The first kappa shape index (κ1) is 24.5. The Kier molecular flexibility index (Phi) is 7.65. The van der Waals surface area contributed by atoms with Crippen molar-refractivity contribution in [2.75, 3.05) is 19.0 Å². The summed E-state index contributed by atoms with van der Waals surface area (Å²) in [6.07, 6.45) is 0.0542.